The van der Waals surface area contributed by atoms with Crippen LogP contribution in [0.15, 0.2) is 54.6 Å². The zero-order valence-electron chi connectivity index (χ0n) is 11.0. The first-order valence-electron chi connectivity index (χ1n) is 6.40. The van der Waals surface area contributed by atoms with Crippen molar-refractivity contribution in [1.29, 1.82) is 0 Å². The summed E-state index contributed by atoms with van der Waals surface area (Å²) in [7, 11) is 1.98. The lowest BCUT2D eigenvalue weighted by Gasteiger charge is -2.21. The Morgan fingerprint density at radius 2 is 1.63 bits per heavy atom. The standard InChI is InChI=1S/C16H19NO2/c1-17(14-7-9-15(18)10-8-14)12-11-16(19)13-5-3-2-4-6-13/h2-10,16,18-19H,11-12H2,1H3. The number of benzene rings is 2. The van der Waals surface area contributed by atoms with Crippen molar-refractivity contribution in [2.45, 2.75) is 12.5 Å². The Balaban J connectivity index is 1.90. The van der Waals surface area contributed by atoms with Crippen molar-refractivity contribution in [3.05, 3.63) is 60.2 Å². The van der Waals surface area contributed by atoms with Gasteiger partial charge in [0, 0.05) is 19.3 Å². The number of rotatable bonds is 5. The number of aliphatic hydroxyl groups is 1. The van der Waals surface area contributed by atoms with E-state index in [0.29, 0.717) is 6.42 Å². The first-order valence-corrected chi connectivity index (χ1v) is 6.40. The number of anilines is 1. The molecule has 2 aromatic rings. The lowest BCUT2D eigenvalue weighted by Crippen LogP contribution is -2.20. The van der Waals surface area contributed by atoms with Gasteiger partial charge in [-0.05, 0) is 36.2 Å². The monoisotopic (exact) mass is 257 g/mol. The normalized spacial score (nSPS) is 12.1. The second-order valence-corrected chi connectivity index (χ2v) is 4.65. The van der Waals surface area contributed by atoms with Crippen LogP contribution in [-0.4, -0.2) is 23.8 Å². The minimum absolute atomic E-state index is 0.265. The second-order valence-electron chi connectivity index (χ2n) is 4.65. The van der Waals surface area contributed by atoms with E-state index >= 15 is 0 Å². The van der Waals surface area contributed by atoms with Crippen LogP contribution in [-0.2, 0) is 0 Å². The van der Waals surface area contributed by atoms with Crippen LogP contribution in [0.25, 0.3) is 0 Å². The van der Waals surface area contributed by atoms with Crippen molar-refractivity contribution < 1.29 is 10.2 Å². The molecule has 0 amide bonds. The zero-order chi connectivity index (χ0) is 13.7. The first kappa shape index (κ1) is 13.4. The van der Waals surface area contributed by atoms with E-state index in [1.165, 1.54) is 0 Å². The van der Waals surface area contributed by atoms with Crippen molar-refractivity contribution in [1.82, 2.24) is 0 Å². The molecular weight excluding hydrogens is 238 g/mol. The van der Waals surface area contributed by atoms with Crippen LogP contribution in [0.3, 0.4) is 0 Å². The van der Waals surface area contributed by atoms with Crippen LogP contribution >= 0.6 is 0 Å². The molecule has 19 heavy (non-hydrogen) atoms. The number of aromatic hydroxyl groups is 1. The number of aliphatic hydroxyl groups excluding tert-OH is 1. The molecule has 0 aliphatic heterocycles. The SMILES string of the molecule is CN(CCC(O)c1ccccc1)c1ccc(O)cc1. The highest BCUT2D eigenvalue weighted by molar-refractivity contribution is 5.48. The zero-order valence-corrected chi connectivity index (χ0v) is 11.0. The highest BCUT2D eigenvalue weighted by Crippen LogP contribution is 2.20. The van der Waals surface area contributed by atoms with Gasteiger partial charge in [0.15, 0.2) is 0 Å². The number of hydrogen-bond donors (Lipinski definition) is 2. The maximum Gasteiger partial charge on any atom is 0.115 e. The third kappa shape index (κ3) is 3.73. The highest BCUT2D eigenvalue weighted by Gasteiger charge is 2.08. The predicted octanol–water partition coefficient (Wildman–Crippen LogP) is 2.95. The molecular formula is C16H19NO2. The molecule has 0 aromatic heterocycles. The van der Waals surface area contributed by atoms with E-state index < -0.39 is 6.10 Å². The van der Waals surface area contributed by atoms with Crippen LogP contribution in [0.1, 0.15) is 18.1 Å². The predicted molar refractivity (Wildman–Crippen MR) is 77.4 cm³/mol. The van der Waals surface area contributed by atoms with Gasteiger partial charge in [-0.3, -0.25) is 0 Å². The molecule has 0 saturated heterocycles. The van der Waals surface area contributed by atoms with Crippen LogP contribution < -0.4 is 4.90 Å². The summed E-state index contributed by atoms with van der Waals surface area (Å²) in [5.41, 5.74) is 1.97. The molecule has 2 N–H and O–H groups in total. The van der Waals surface area contributed by atoms with E-state index in [1.807, 2.05) is 49.5 Å². The third-order valence-corrected chi connectivity index (χ3v) is 3.21. The quantitative estimate of drug-likeness (QED) is 0.865. The summed E-state index contributed by atoms with van der Waals surface area (Å²) in [6.45, 7) is 0.751. The van der Waals surface area contributed by atoms with Crippen LogP contribution in [0.4, 0.5) is 5.69 Å². The van der Waals surface area contributed by atoms with E-state index in [9.17, 15) is 10.2 Å². The molecule has 0 heterocycles. The van der Waals surface area contributed by atoms with Crippen LogP contribution in [0.5, 0.6) is 5.75 Å². The number of phenols is 1. The first-order chi connectivity index (χ1) is 9.16. The molecule has 3 heteroatoms. The summed E-state index contributed by atoms with van der Waals surface area (Å²) in [6.07, 6.45) is 0.224. The summed E-state index contributed by atoms with van der Waals surface area (Å²) < 4.78 is 0. The lowest BCUT2D eigenvalue weighted by atomic mass is 10.1. The van der Waals surface area contributed by atoms with E-state index in [-0.39, 0.29) is 5.75 Å². The van der Waals surface area contributed by atoms with Gasteiger partial charge in [-0.25, -0.2) is 0 Å². The Morgan fingerprint density at radius 1 is 1.00 bits per heavy atom. The molecule has 2 rings (SSSR count). The molecule has 1 unspecified atom stereocenters. The Kier molecular flexibility index (Phi) is 4.42. The van der Waals surface area contributed by atoms with E-state index in [1.54, 1.807) is 12.1 Å². The summed E-state index contributed by atoms with van der Waals surface area (Å²) in [6, 6.07) is 16.7. The minimum Gasteiger partial charge on any atom is -0.508 e. The fourth-order valence-corrected chi connectivity index (χ4v) is 1.99. The molecule has 0 saturated carbocycles. The van der Waals surface area contributed by atoms with Crippen molar-refractivity contribution in [2.75, 3.05) is 18.5 Å². The molecule has 0 spiro atoms. The molecule has 0 bridgehead atoms. The van der Waals surface area contributed by atoms with Gasteiger partial charge in [-0.2, -0.15) is 0 Å². The van der Waals surface area contributed by atoms with Gasteiger partial charge < -0.3 is 15.1 Å². The van der Waals surface area contributed by atoms with Crippen molar-refractivity contribution >= 4 is 5.69 Å². The molecule has 3 nitrogen and oxygen atoms in total. The largest absolute Gasteiger partial charge is 0.508 e. The molecule has 2 aromatic carbocycles. The molecule has 0 aliphatic carbocycles. The van der Waals surface area contributed by atoms with Gasteiger partial charge in [0.2, 0.25) is 0 Å². The van der Waals surface area contributed by atoms with Crippen molar-refractivity contribution in [2.24, 2.45) is 0 Å². The van der Waals surface area contributed by atoms with Crippen molar-refractivity contribution in [3.63, 3.8) is 0 Å². The van der Waals surface area contributed by atoms with E-state index in [0.717, 1.165) is 17.8 Å². The second kappa shape index (κ2) is 6.25. The van der Waals surface area contributed by atoms with Gasteiger partial charge in [-0.1, -0.05) is 30.3 Å². The topological polar surface area (TPSA) is 43.7 Å². The highest BCUT2D eigenvalue weighted by atomic mass is 16.3. The molecule has 0 fully saturated rings. The van der Waals surface area contributed by atoms with Crippen molar-refractivity contribution in [3.8, 4) is 5.75 Å². The number of hydrogen-bond acceptors (Lipinski definition) is 3. The summed E-state index contributed by atoms with van der Waals surface area (Å²) in [4.78, 5) is 2.06. The summed E-state index contributed by atoms with van der Waals surface area (Å²) in [5.74, 6) is 0.265. The molecule has 1 atom stereocenters. The smallest absolute Gasteiger partial charge is 0.115 e. The van der Waals surface area contributed by atoms with Gasteiger partial charge in [0.05, 0.1) is 6.10 Å². The molecule has 100 valence electrons. The Labute approximate surface area is 113 Å². The minimum atomic E-state index is -0.444. The van der Waals surface area contributed by atoms with Gasteiger partial charge >= 0.3 is 0 Å². The summed E-state index contributed by atoms with van der Waals surface area (Å²) in [5, 5.41) is 19.3. The summed E-state index contributed by atoms with van der Waals surface area (Å²) >= 11 is 0. The van der Waals surface area contributed by atoms with E-state index in [4.69, 9.17) is 0 Å². The van der Waals surface area contributed by atoms with Gasteiger partial charge in [-0.15, -0.1) is 0 Å². The third-order valence-electron chi connectivity index (χ3n) is 3.21. The van der Waals surface area contributed by atoms with Gasteiger partial charge in [0.1, 0.15) is 5.75 Å². The number of nitrogens with zero attached hydrogens (tertiary/aromatic N) is 1. The van der Waals surface area contributed by atoms with E-state index in [2.05, 4.69) is 4.90 Å². The fraction of sp³-hybridized carbons (Fsp3) is 0.250. The average Bonchev–Trinajstić information content (AvgIpc) is 2.46. The van der Waals surface area contributed by atoms with Gasteiger partial charge in [0.25, 0.3) is 0 Å². The maximum absolute atomic E-state index is 10.1. The maximum atomic E-state index is 10.1. The van der Waals surface area contributed by atoms with Crippen LogP contribution in [0, 0.1) is 0 Å². The Bertz CT molecular complexity index is 496. The number of phenolic OH excluding ortho intramolecular Hbond substituents is 1. The average molecular weight is 257 g/mol. The fourth-order valence-electron chi connectivity index (χ4n) is 1.99. The Hall–Kier alpha value is -2.00. The molecule has 0 aliphatic rings. The Morgan fingerprint density at radius 3 is 2.26 bits per heavy atom. The lowest BCUT2D eigenvalue weighted by molar-refractivity contribution is 0.170. The molecule has 0 radical (unpaired) electrons. The van der Waals surface area contributed by atoms with Crippen LogP contribution in [0.2, 0.25) is 0 Å².